The molecular weight excluding hydrogens is 380 g/mol. The van der Waals surface area contributed by atoms with Crippen molar-refractivity contribution in [3.05, 3.63) is 0 Å². The maximum Gasteiger partial charge on any atom is 0.139 e. The zero-order chi connectivity index (χ0) is 21.6. The first-order valence-corrected chi connectivity index (χ1v) is 12.0. The maximum absolute atomic E-state index is 12.7. The lowest BCUT2D eigenvalue weighted by molar-refractivity contribution is -0.206. The van der Waals surface area contributed by atoms with Crippen molar-refractivity contribution in [1.82, 2.24) is 5.32 Å². The van der Waals surface area contributed by atoms with E-state index < -0.39 is 5.60 Å². The summed E-state index contributed by atoms with van der Waals surface area (Å²) in [6.07, 6.45) is 7.76. The summed E-state index contributed by atoms with van der Waals surface area (Å²) in [5, 5.41) is 29.5. The van der Waals surface area contributed by atoms with Crippen LogP contribution in [0.4, 0.5) is 0 Å². The Hall–Kier alpha value is -0.980. The highest BCUT2D eigenvalue weighted by molar-refractivity contribution is 5.87. The highest BCUT2D eigenvalue weighted by Crippen LogP contribution is 2.67. The lowest BCUT2D eigenvalue weighted by Gasteiger charge is -2.63. The zero-order valence-corrected chi connectivity index (χ0v) is 19.0. The maximum atomic E-state index is 12.7. The lowest BCUT2D eigenvalue weighted by Crippen LogP contribution is -2.64. The quantitative estimate of drug-likeness (QED) is 0.454. The number of carbonyl (C=O) groups excluding carboxylic acids is 1. The van der Waals surface area contributed by atoms with Crippen LogP contribution in [0.5, 0.6) is 0 Å². The Morgan fingerprint density at radius 3 is 2.73 bits per heavy atom. The third-order valence-electron chi connectivity index (χ3n) is 9.55. The average Bonchev–Trinajstić information content (AvgIpc) is 3.03. The van der Waals surface area contributed by atoms with Crippen LogP contribution in [0.2, 0.25) is 0 Å². The number of oxime groups is 1. The van der Waals surface area contributed by atoms with Crippen molar-refractivity contribution in [1.29, 1.82) is 0 Å². The number of ketones is 1. The molecule has 4 saturated carbocycles. The van der Waals surface area contributed by atoms with Gasteiger partial charge in [-0.2, -0.15) is 0 Å². The summed E-state index contributed by atoms with van der Waals surface area (Å²) in [5.41, 5.74) is -0.335. The first kappa shape index (κ1) is 22.2. The van der Waals surface area contributed by atoms with Gasteiger partial charge < -0.3 is 20.4 Å². The SMILES string of the molecule is CNCCCON=C1CC[C@@]2(C)C(C1)[C@@](O)(CO)C[C@@H]1[C@@H]2CC[C@]2(C)C(=O)CC[C@@H]12. The number of aliphatic hydroxyl groups is 2. The van der Waals surface area contributed by atoms with Gasteiger partial charge in [-0.3, -0.25) is 4.79 Å². The molecule has 0 aliphatic heterocycles. The number of nitrogens with one attached hydrogen (secondary N) is 1. The van der Waals surface area contributed by atoms with Crippen LogP contribution in [0, 0.1) is 34.5 Å². The number of carbonyl (C=O) groups is 1. The molecule has 4 rings (SSSR count). The summed E-state index contributed by atoms with van der Waals surface area (Å²) in [6.45, 7) is 5.77. The highest BCUT2D eigenvalue weighted by Gasteiger charge is 2.65. The molecule has 170 valence electrons. The number of rotatable bonds is 6. The molecule has 4 aliphatic carbocycles. The minimum atomic E-state index is -1.10. The molecule has 7 atom stereocenters. The monoisotopic (exact) mass is 420 g/mol. The standard InChI is InChI=1S/C24H40N2O4/c1-22-9-7-16(26-30-12-4-11-25-3)13-20(22)24(29,15-27)14-17-18-5-6-21(28)23(18,2)10-8-19(17)22/h17-20,25,27,29H,4-15H2,1-3H3/t17-,18-,19-,20?,22+,23-,24-/m0/s1. The summed E-state index contributed by atoms with van der Waals surface area (Å²) >= 11 is 0. The minimum Gasteiger partial charge on any atom is -0.396 e. The van der Waals surface area contributed by atoms with E-state index in [1.165, 1.54) is 0 Å². The second-order valence-electron chi connectivity index (χ2n) is 11.0. The van der Waals surface area contributed by atoms with Gasteiger partial charge in [0.05, 0.1) is 17.9 Å². The summed E-state index contributed by atoms with van der Waals surface area (Å²) in [7, 11) is 1.93. The Balaban J connectivity index is 1.55. The summed E-state index contributed by atoms with van der Waals surface area (Å²) in [4.78, 5) is 18.2. The molecule has 0 aromatic rings. The van der Waals surface area contributed by atoms with E-state index >= 15 is 0 Å². The summed E-state index contributed by atoms with van der Waals surface area (Å²) < 4.78 is 0. The van der Waals surface area contributed by atoms with E-state index in [1.807, 2.05) is 7.05 Å². The molecule has 6 nitrogen and oxygen atoms in total. The molecule has 3 N–H and O–H groups in total. The normalized spacial score (nSPS) is 47.0. The number of Topliss-reactive ketones (excluding diaryl/α,β-unsaturated/α-hetero) is 1. The molecule has 0 aromatic heterocycles. The molecule has 0 amide bonds. The van der Waals surface area contributed by atoms with Gasteiger partial charge in [0.25, 0.3) is 0 Å². The highest BCUT2D eigenvalue weighted by atomic mass is 16.6. The topological polar surface area (TPSA) is 91.2 Å². The number of hydrogen-bond donors (Lipinski definition) is 3. The van der Waals surface area contributed by atoms with Crippen molar-refractivity contribution in [3.8, 4) is 0 Å². The number of aliphatic hydroxyl groups excluding tert-OH is 1. The molecule has 0 bridgehead atoms. The molecule has 4 fully saturated rings. The molecule has 30 heavy (non-hydrogen) atoms. The van der Waals surface area contributed by atoms with Crippen molar-refractivity contribution in [2.75, 3.05) is 26.8 Å². The van der Waals surface area contributed by atoms with Crippen LogP contribution in [-0.2, 0) is 9.63 Å². The predicted octanol–water partition coefficient (Wildman–Crippen LogP) is 2.91. The van der Waals surface area contributed by atoms with Crippen molar-refractivity contribution >= 4 is 11.5 Å². The summed E-state index contributed by atoms with van der Waals surface area (Å²) in [5.74, 6) is 1.59. The Kier molecular flexibility index (Phi) is 6.06. The Labute approximate surface area is 180 Å². The first-order valence-electron chi connectivity index (χ1n) is 12.0. The molecular formula is C24H40N2O4. The fourth-order valence-electron chi connectivity index (χ4n) is 7.83. The average molecular weight is 421 g/mol. The van der Waals surface area contributed by atoms with Crippen LogP contribution in [-0.4, -0.2) is 54.1 Å². The minimum absolute atomic E-state index is 0.00822. The van der Waals surface area contributed by atoms with Crippen LogP contribution in [0.15, 0.2) is 5.16 Å². The van der Waals surface area contributed by atoms with E-state index in [4.69, 9.17) is 4.84 Å². The second-order valence-corrected chi connectivity index (χ2v) is 11.0. The fraction of sp³-hybridized carbons (Fsp3) is 0.917. The summed E-state index contributed by atoms with van der Waals surface area (Å²) in [6, 6.07) is 0. The number of hydrogen-bond acceptors (Lipinski definition) is 6. The van der Waals surface area contributed by atoms with Gasteiger partial charge in [-0.15, -0.1) is 0 Å². The Bertz CT molecular complexity index is 697. The van der Waals surface area contributed by atoms with Gasteiger partial charge in [0.15, 0.2) is 0 Å². The number of nitrogens with zero attached hydrogens (tertiary/aromatic N) is 1. The van der Waals surface area contributed by atoms with Crippen molar-refractivity contribution in [2.24, 2.45) is 39.7 Å². The smallest absolute Gasteiger partial charge is 0.139 e. The first-order chi connectivity index (χ1) is 14.3. The molecule has 0 aromatic carbocycles. The molecule has 0 saturated heterocycles. The zero-order valence-electron chi connectivity index (χ0n) is 19.0. The second kappa shape index (κ2) is 8.18. The molecule has 4 aliphatic rings. The van der Waals surface area contributed by atoms with E-state index in [0.29, 0.717) is 49.4 Å². The van der Waals surface area contributed by atoms with Crippen molar-refractivity contribution in [3.63, 3.8) is 0 Å². The van der Waals surface area contributed by atoms with Crippen LogP contribution in [0.1, 0.15) is 71.6 Å². The Morgan fingerprint density at radius 1 is 1.20 bits per heavy atom. The van der Waals surface area contributed by atoms with Crippen molar-refractivity contribution in [2.45, 2.75) is 77.2 Å². The van der Waals surface area contributed by atoms with E-state index in [2.05, 4.69) is 24.3 Å². The molecule has 0 spiro atoms. The van der Waals surface area contributed by atoms with Crippen LogP contribution >= 0.6 is 0 Å². The van der Waals surface area contributed by atoms with Gasteiger partial charge >= 0.3 is 0 Å². The van der Waals surface area contributed by atoms with Gasteiger partial charge in [-0.25, -0.2) is 0 Å². The van der Waals surface area contributed by atoms with Gasteiger partial charge in [-0.1, -0.05) is 19.0 Å². The van der Waals surface area contributed by atoms with E-state index in [0.717, 1.165) is 50.8 Å². The molecule has 6 heteroatoms. The fourth-order valence-corrected chi connectivity index (χ4v) is 7.83. The van der Waals surface area contributed by atoms with Crippen LogP contribution in [0.25, 0.3) is 0 Å². The number of fused-ring (bicyclic) bond motifs is 5. The predicted molar refractivity (Wildman–Crippen MR) is 116 cm³/mol. The van der Waals surface area contributed by atoms with Crippen molar-refractivity contribution < 1.29 is 19.8 Å². The van der Waals surface area contributed by atoms with E-state index in [1.54, 1.807) is 0 Å². The Morgan fingerprint density at radius 2 is 2.00 bits per heavy atom. The van der Waals surface area contributed by atoms with Gasteiger partial charge in [0.1, 0.15) is 12.4 Å². The van der Waals surface area contributed by atoms with Crippen LogP contribution < -0.4 is 5.32 Å². The third kappa shape index (κ3) is 3.43. The van der Waals surface area contributed by atoms with Gasteiger partial charge in [0, 0.05) is 17.8 Å². The van der Waals surface area contributed by atoms with Gasteiger partial charge in [-0.05, 0) is 88.1 Å². The molecule has 0 heterocycles. The third-order valence-corrected chi connectivity index (χ3v) is 9.55. The molecule has 0 radical (unpaired) electrons. The largest absolute Gasteiger partial charge is 0.396 e. The van der Waals surface area contributed by atoms with Gasteiger partial charge in [0.2, 0.25) is 0 Å². The van der Waals surface area contributed by atoms with E-state index in [9.17, 15) is 15.0 Å². The van der Waals surface area contributed by atoms with Crippen LogP contribution in [0.3, 0.4) is 0 Å². The molecule has 1 unspecified atom stereocenters. The lowest BCUT2D eigenvalue weighted by atomic mass is 9.42. The van der Waals surface area contributed by atoms with E-state index in [-0.39, 0.29) is 23.4 Å².